The van der Waals surface area contributed by atoms with Crippen molar-refractivity contribution >= 4 is 10.1 Å². The molecule has 0 aliphatic rings. The van der Waals surface area contributed by atoms with Gasteiger partial charge in [-0.15, -0.1) is 4.33 Å². The van der Waals surface area contributed by atoms with Crippen LogP contribution in [0.4, 0.5) is 0 Å². The van der Waals surface area contributed by atoms with E-state index in [1.165, 1.54) is 7.11 Å². The molecule has 4 nitrogen and oxygen atoms in total. The van der Waals surface area contributed by atoms with E-state index in [0.29, 0.717) is 6.42 Å². The molecule has 0 fully saturated rings. The Hall–Kier alpha value is -0.130. The molecule has 0 N–H and O–H groups in total. The quantitative estimate of drug-likeness (QED) is 0.350. The second-order valence-electron chi connectivity index (χ2n) is 2.20. The van der Waals surface area contributed by atoms with Crippen LogP contribution in [0.15, 0.2) is 0 Å². The van der Waals surface area contributed by atoms with Crippen molar-refractivity contribution in [2.24, 2.45) is 0 Å². The lowest BCUT2D eigenvalue weighted by molar-refractivity contribution is -0.172. The van der Waals surface area contributed by atoms with Gasteiger partial charge in [-0.25, -0.2) is 4.89 Å². The number of unbranched alkanes of at least 4 members (excludes halogenated alkanes) is 2. The molecular weight excluding hydrogens is 168 g/mol. The van der Waals surface area contributed by atoms with E-state index in [1.54, 1.807) is 0 Å². The average Bonchev–Trinajstić information content (AvgIpc) is 1.87. The van der Waals surface area contributed by atoms with E-state index >= 15 is 0 Å². The van der Waals surface area contributed by atoms with Crippen molar-refractivity contribution in [3.8, 4) is 0 Å². The molecule has 5 heteroatoms. The second kappa shape index (κ2) is 5.51. The summed E-state index contributed by atoms with van der Waals surface area (Å²) in [5.74, 6) is 0.0364. The van der Waals surface area contributed by atoms with Gasteiger partial charge < -0.3 is 0 Å². The van der Waals surface area contributed by atoms with Crippen molar-refractivity contribution in [2.75, 3.05) is 12.9 Å². The lowest BCUT2D eigenvalue weighted by Crippen LogP contribution is -2.09. The van der Waals surface area contributed by atoms with E-state index in [1.807, 2.05) is 6.92 Å². The summed E-state index contributed by atoms with van der Waals surface area (Å²) in [6, 6.07) is 0. The molecular formula is C6H14O4S. The van der Waals surface area contributed by atoms with Crippen LogP contribution in [0.25, 0.3) is 0 Å². The molecule has 0 aliphatic heterocycles. The molecule has 0 atom stereocenters. The Kier molecular flexibility index (Phi) is 5.45. The fourth-order valence-corrected chi connectivity index (χ4v) is 1.50. The minimum Gasteiger partial charge on any atom is -0.223 e. The molecule has 0 amide bonds. The van der Waals surface area contributed by atoms with Gasteiger partial charge in [0, 0.05) is 0 Å². The highest BCUT2D eigenvalue weighted by Gasteiger charge is 2.09. The van der Waals surface area contributed by atoms with Crippen molar-refractivity contribution in [2.45, 2.75) is 26.2 Å². The summed E-state index contributed by atoms with van der Waals surface area (Å²) in [7, 11) is -2.25. The zero-order valence-electron chi connectivity index (χ0n) is 6.87. The third-order valence-corrected chi connectivity index (χ3v) is 2.30. The first-order valence-corrected chi connectivity index (χ1v) is 5.15. The maximum atomic E-state index is 10.8. The molecule has 0 radical (unpaired) electrons. The zero-order valence-corrected chi connectivity index (χ0v) is 7.69. The standard InChI is InChI=1S/C6H14O4S/c1-3-4-5-6-11(7,8)10-9-2/h3-6H2,1-2H3. The molecule has 0 saturated carbocycles. The Morgan fingerprint density at radius 2 is 1.91 bits per heavy atom. The van der Waals surface area contributed by atoms with Gasteiger partial charge in [-0.3, -0.25) is 0 Å². The van der Waals surface area contributed by atoms with Crippen LogP contribution in [0.1, 0.15) is 26.2 Å². The summed E-state index contributed by atoms with van der Waals surface area (Å²) >= 11 is 0. The highest BCUT2D eigenvalue weighted by Crippen LogP contribution is 2.00. The predicted molar refractivity (Wildman–Crippen MR) is 41.4 cm³/mol. The van der Waals surface area contributed by atoms with Gasteiger partial charge in [-0.05, 0) is 6.42 Å². The summed E-state index contributed by atoms with van der Waals surface area (Å²) < 4.78 is 25.6. The molecule has 0 spiro atoms. The Morgan fingerprint density at radius 1 is 1.27 bits per heavy atom. The van der Waals surface area contributed by atoms with Crippen LogP contribution in [-0.4, -0.2) is 21.3 Å². The Labute approximate surface area is 67.6 Å². The van der Waals surface area contributed by atoms with E-state index in [4.69, 9.17) is 0 Å². The van der Waals surface area contributed by atoms with E-state index in [2.05, 4.69) is 9.22 Å². The van der Waals surface area contributed by atoms with Gasteiger partial charge >= 0.3 is 0 Å². The summed E-state index contributed by atoms with van der Waals surface area (Å²) in [5, 5.41) is 0. The van der Waals surface area contributed by atoms with Crippen LogP contribution >= 0.6 is 0 Å². The lowest BCUT2D eigenvalue weighted by atomic mass is 10.3. The van der Waals surface area contributed by atoms with Crippen molar-refractivity contribution < 1.29 is 17.6 Å². The first-order chi connectivity index (χ1) is 5.12. The third kappa shape index (κ3) is 6.28. The third-order valence-electron chi connectivity index (χ3n) is 1.17. The van der Waals surface area contributed by atoms with Gasteiger partial charge in [0.25, 0.3) is 10.1 Å². The van der Waals surface area contributed by atoms with Crippen LogP contribution < -0.4 is 0 Å². The fourth-order valence-electron chi connectivity index (χ4n) is 0.667. The highest BCUT2D eigenvalue weighted by molar-refractivity contribution is 7.86. The number of hydrogen-bond donors (Lipinski definition) is 0. The number of rotatable bonds is 6. The molecule has 0 unspecified atom stereocenters. The summed E-state index contributed by atoms with van der Waals surface area (Å²) in [5.41, 5.74) is 0. The van der Waals surface area contributed by atoms with Crippen molar-refractivity contribution in [1.29, 1.82) is 0 Å². The minimum absolute atomic E-state index is 0.0364. The van der Waals surface area contributed by atoms with Gasteiger partial charge in [-0.2, -0.15) is 8.42 Å². The molecule has 0 heterocycles. The van der Waals surface area contributed by atoms with E-state index in [9.17, 15) is 8.42 Å². The summed E-state index contributed by atoms with van der Waals surface area (Å²) in [6.45, 7) is 2.00. The van der Waals surface area contributed by atoms with Crippen molar-refractivity contribution in [3.05, 3.63) is 0 Å². The maximum absolute atomic E-state index is 10.8. The van der Waals surface area contributed by atoms with Gasteiger partial charge in [0.2, 0.25) is 0 Å². The molecule has 0 rings (SSSR count). The van der Waals surface area contributed by atoms with Crippen LogP contribution in [0.5, 0.6) is 0 Å². The molecule has 0 saturated heterocycles. The highest BCUT2D eigenvalue weighted by atomic mass is 32.2. The molecule has 0 aromatic carbocycles. The van der Waals surface area contributed by atoms with Gasteiger partial charge in [0.1, 0.15) is 0 Å². The monoisotopic (exact) mass is 182 g/mol. The van der Waals surface area contributed by atoms with Crippen LogP contribution in [-0.2, 0) is 19.3 Å². The van der Waals surface area contributed by atoms with E-state index < -0.39 is 10.1 Å². The largest absolute Gasteiger partial charge is 0.293 e. The molecule has 11 heavy (non-hydrogen) atoms. The minimum atomic E-state index is -3.43. The summed E-state index contributed by atoms with van der Waals surface area (Å²) in [6.07, 6.45) is 2.51. The maximum Gasteiger partial charge on any atom is 0.293 e. The van der Waals surface area contributed by atoms with Gasteiger partial charge in [-0.1, -0.05) is 19.8 Å². The molecule has 68 valence electrons. The van der Waals surface area contributed by atoms with Crippen LogP contribution in [0.2, 0.25) is 0 Å². The molecule has 0 aliphatic carbocycles. The summed E-state index contributed by atoms with van der Waals surface area (Å²) in [4.78, 5) is 4.05. The molecule has 0 bridgehead atoms. The molecule has 0 aromatic heterocycles. The Balaban J connectivity index is 3.56. The predicted octanol–water partition coefficient (Wildman–Crippen LogP) is 1.08. The van der Waals surface area contributed by atoms with Crippen LogP contribution in [0, 0.1) is 0 Å². The Morgan fingerprint density at radius 3 is 2.36 bits per heavy atom. The van der Waals surface area contributed by atoms with E-state index in [0.717, 1.165) is 12.8 Å². The van der Waals surface area contributed by atoms with Crippen molar-refractivity contribution in [3.63, 3.8) is 0 Å². The SMILES string of the molecule is CCCCCS(=O)(=O)OOC. The zero-order chi connectivity index (χ0) is 8.74. The Bertz CT molecular complexity index is 173. The smallest absolute Gasteiger partial charge is 0.223 e. The lowest BCUT2D eigenvalue weighted by Gasteiger charge is -1.99. The van der Waals surface area contributed by atoms with E-state index in [-0.39, 0.29) is 5.75 Å². The van der Waals surface area contributed by atoms with Gasteiger partial charge in [0.05, 0.1) is 12.9 Å². The fraction of sp³-hybridized carbons (Fsp3) is 1.00. The molecule has 0 aromatic rings. The first kappa shape index (κ1) is 10.9. The van der Waals surface area contributed by atoms with Crippen LogP contribution in [0.3, 0.4) is 0 Å². The van der Waals surface area contributed by atoms with Crippen molar-refractivity contribution in [1.82, 2.24) is 0 Å². The number of hydrogen-bond acceptors (Lipinski definition) is 4. The second-order valence-corrected chi connectivity index (χ2v) is 3.86. The normalized spacial score (nSPS) is 11.8. The average molecular weight is 182 g/mol. The van der Waals surface area contributed by atoms with Gasteiger partial charge in [0.15, 0.2) is 0 Å². The first-order valence-electron chi connectivity index (χ1n) is 3.57. The topological polar surface area (TPSA) is 52.6 Å².